The van der Waals surface area contributed by atoms with E-state index in [1.165, 1.54) is 37.8 Å². The number of hydrogen-bond donors (Lipinski definition) is 0. The van der Waals surface area contributed by atoms with Gasteiger partial charge >= 0.3 is 0 Å². The fourth-order valence-corrected chi connectivity index (χ4v) is 1.93. The summed E-state index contributed by atoms with van der Waals surface area (Å²) in [6, 6.07) is 8.34. The molecule has 0 bridgehead atoms. The first-order valence-corrected chi connectivity index (χ1v) is 6.57. The summed E-state index contributed by atoms with van der Waals surface area (Å²) in [6.07, 6.45) is 5.32. The average molecular weight is 235 g/mol. The first-order chi connectivity index (χ1) is 8.26. The van der Waals surface area contributed by atoms with Gasteiger partial charge in [-0.3, -0.25) is 0 Å². The Morgan fingerprint density at radius 3 is 2.35 bits per heavy atom. The topological polar surface area (TPSA) is 12.5 Å². The van der Waals surface area contributed by atoms with Gasteiger partial charge in [-0.25, -0.2) is 0 Å². The van der Waals surface area contributed by atoms with E-state index >= 15 is 0 Å². The summed E-state index contributed by atoms with van der Waals surface area (Å²) in [6.45, 7) is 4.46. The van der Waals surface area contributed by atoms with Crippen LogP contribution in [-0.4, -0.2) is 25.6 Å². The summed E-state index contributed by atoms with van der Waals surface area (Å²) in [5.41, 5.74) is 1.35. The van der Waals surface area contributed by atoms with Gasteiger partial charge in [0, 0.05) is 6.54 Å². The summed E-state index contributed by atoms with van der Waals surface area (Å²) in [4.78, 5) is 2.39. The molecule has 0 aliphatic carbocycles. The first kappa shape index (κ1) is 14.0. The maximum absolute atomic E-state index is 5.15. The van der Waals surface area contributed by atoms with Gasteiger partial charge in [0.2, 0.25) is 0 Å². The molecule has 0 aliphatic rings. The largest absolute Gasteiger partial charge is 0.497 e. The molecule has 1 aromatic rings. The van der Waals surface area contributed by atoms with Gasteiger partial charge in [0.25, 0.3) is 0 Å². The molecule has 2 nitrogen and oxygen atoms in total. The Balaban J connectivity index is 2.26. The molecule has 2 heteroatoms. The van der Waals surface area contributed by atoms with Crippen LogP contribution in [0.3, 0.4) is 0 Å². The minimum Gasteiger partial charge on any atom is -0.497 e. The van der Waals surface area contributed by atoms with E-state index in [-0.39, 0.29) is 0 Å². The molecule has 0 heterocycles. The molecule has 0 N–H and O–H groups in total. The zero-order valence-corrected chi connectivity index (χ0v) is 11.4. The minimum atomic E-state index is 0.930. The van der Waals surface area contributed by atoms with E-state index in [0.717, 1.165) is 12.3 Å². The van der Waals surface area contributed by atoms with E-state index in [2.05, 4.69) is 31.0 Å². The Hall–Kier alpha value is -1.02. The third kappa shape index (κ3) is 5.73. The Morgan fingerprint density at radius 1 is 1.06 bits per heavy atom. The van der Waals surface area contributed by atoms with Crippen LogP contribution in [0.5, 0.6) is 5.75 Å². The van der Waals surface area contributed by atoms with Crippen molar-refractivity contribution in [2.45, 2.75) is 39.2 Å². The monoisotopic (exact) mass is 235 g/mol. The van der Waals surface area contributed by atoms with E-state index in [0.29, 0.717) is 0 Å². The number of methoxy groups -OCH3 is 1. The van der Waals surface area contributed by atoms with Crippen molar-refractivity contribution >= 4 is 0 Å². The second-order valence-corrected chi connectivity index (χ2v) is 4.65. The molecule has 1 rings (SSSR count). The standard InChI is InChI=1S/C15H25NO/c1-4-5-6-7-12-16(2)13-14-8-10-15(17-3)11-9-14/h8-11H,4-7,12-13H2,1-3H3. The SMILES string of the molecule is CCCCCCN(C)Cc1ccc(OC)cc1. The van der Waals surface area contributed by atoms with E-state index in [1.807, 2.05) is 12.1 Å². The second kappa shape index (κ2) is 8.13. The normalized spacial score (nSPS) is 10.8. The number of ether oxygens (including phenoxy) is 1. The van der Waals surface area contributed by atoms with Crippen molar-refractivity contribution in [3.8, 4) is 5.75 Å². The summed E-state index contributed by atoms with van der Waals surface area (Å²) < 4.78 is 5.15. The van der Waals surface area contributed by atoms with E-state index in [1.54, 1.807) is 7.11 Å². The van der Waals surface area contributed by atoms with Crippen molar-refractivity contribution in [1.82, 2.24) is 4.90 Å². The highest BCUT2D eigenvalue weighted by Crippen LogP contribution is 2.12. The zero-order chi connectivity index (χ0) is 12.5. The van der Waals surface area contributed by atoms with E-state index in [4.69, 9.17) is 4.74 Å². The molecule has 0 fully saturated rings. The molecule has 0 spiro atoms. The van der Waals surface area contributed by atoms with Gasteiger partial charge < -0.3 is 9.64 Å². The highest BCUT2D eigenvalue weighted by atomic mass is 16.5. The number of hydrogen-bond acceptors (Lipinski definition) is 2. The quantitative estimate of drug-likeness (QED) is 0.637. The van der Waals surface area contributed by atoms with E-state index in [9.17, 15) is 0 Å². The van der Waals surface area contributed by atoms with Crippen LogP contribution < -0.4 is 4.74 Å². The van der Waals surface area contributed by atoms with Crippen LogP contribution >= 0.6 is 0 Å². The fraction of sp³-hybridized carbons (Fsp3) is 0.600. The predicted molar refractivity (Wildman–Crippen MR) is 73.5 cm³/mol. The highest BCUT2D eigenvalue weighted by Gasteiger charge is 2.00. The molecule has 0 amide bonds. The van der Waals surface area contributed by atoms with Crippen molar-refractivity contribution in [2.75, 3.05) is 20.7 Å². The molecule has 17 heavy (non-hydrogen) atoms. The molecule has 0 aliphatic heterocycles. The summed E-state index contributed by atoms with van der Waals surface area (Å²) in [7, 11) is 3.89. The minimum absolute atomic E-state index is 0.930. The van der Waals surface area contributed by atoms with Gasteiger partial charge in [0.15, 0.2) is 0 Å². The molecule has 1 aromatic carbocycles. The molecule has 0 atom stereocenters. The third-order valence-corrected chi connectivity index (χ3v) is 3.00. The van der Waals surface area contributed by atoms with Crippen LogP contribution in [-0.2, 0) is 6.54 Å². The van der Waals surface area contributed by atoms with Gasteiger partial charge in [-0.15, -0.1) is 0 Å². The van der Waals surface area contributed by atoms with Gasteiger partial charge in [-0.2, -0.15) is 0 Å². The second-order valence-electron chi connectivity index (χ2n) is 4.65. The van der Waals surface area contributed by atoms with Crippen LogP contribution in [0.4, 0.5) is 0 Å². The van der Waals surface area contributed by atoms with Crippen molar-refractivity contribution < 1.29 is 4.74 Å². The Labute approximate surface area is 106 Å². The van der Waals surface area contributed by atoms with Crippen LogP contribution in [0.15, 0.2) is 24.3 Å². The van der Waals surface area contributed by atoms with Crippen LogP contribution in [0.25, 0.3) is 0 Å². The van der Waals surface area contributed by atoms with Crippen molar-refractivity contribution in [2.24, 2.45) is 0 Å². The average Bonchev–Trinajstić information content (AvgIpc) is 2.36. The first-order valence-electron chi connectivity index (χ1n) is 6.57. The molecule has 0 unspecified atom stereocenters. The maximum atomic E-state index is 5.15. The number of nitrogens with zero attached hydrogens (tertiary/aromatic N) is 1. The Bertz CT molecular complexity index is 294. The van der Waals surface area contributed by atoms with Gasteiger partial charge in [-0.1, -0.05) is 38.3 Å². The highest BCUT2D eigenvalue weighted by molar-refractivity contribution is 5.26. The zero-order valence-electron chi connectivity index (χ0n) is 11.4. The van der Waals surface area contributed by atoms with Crippen molar-refractivity contribution in [1.29, 1.82) is 0 Å². The van der Waals surface area contributed by atoms with Crippen molar-refractivity contribution in [3.05, 3.63) is 29.8 Å². The predicted octanol–water partition coefficient (Wildman–Crippen LogP) is 3.71. The van der Waals surface area contributed by atoms with Crippen molar-refractivity contribution in [3.63, 3.8) is 0 Å². The van der Waals surface area contributed by atoms with E-state index < -0.39 is 0 Å². The number of benzene rings is 1. The third-order valence-electron chi connectivity index (χ3n) is 3.00. The van der Waals surface area contributed by atoms with Gasteiger partial charge in [-0.05, 0) is 37.7 Å². The smallest absolute Gasteiger partial charge is 0.118 e. The number of rotatable bonds is 8. The summed E-state index contributed by atoms with van der Waals surface area (Å²) in [5.74, 6) is 0.930. The lowest BCUT2D eigenvalue weighted by atomic mass is 10.2. The van der Waals surface area contributed by atoms with Gasteiger partial charge in [0.1, 0.15) is 5.75 Å². The molecule has 0 aromatic heterocycles. The fourth-order valence-electron chi connectivity index (χ4n) is 1.93. The summed E-state index contributed by atoms with van der Waals surface area (Å²) >= 11 is 0. The van der Waals surface area contributed by atoms with Crippen LogP contribution in [0.1, 0.15) is 38.2 Å². The van der Waals surface area contributed by atoms with Crippen LogP contribution in [0, 0.1) is 0 Å². The molecular formula is C15H25NO. The number of unbranched alkanes of at least 4 members (excludes halogenated alkanes) is 3. The molecule has 0 radical (unpaired) electrons. The molecule has 96 valence electrons. The lowest BCUT2D eigenvalue weighted by Gasteiger charge is -2.16. The Kier molecular flexibility index (Phi) is 6.71. The lowest BCUT2D eigenvalue weighted by molar-refractivity contribution is 0.317. The lowest BCUT2D eigenvalue weighted by Crippen LogP contribution is -2.18. The van der Waals surface area contributed by atoms with Gasteiger partial charge in [0.05, 0.1) is 7.11 Å². The molecule has 0 saturated carbocycles. The maximum Gasteiger partial charge on any atom is 0.118 e. The molecule has 0 saturated heterocycles. The molecular weight excluding hydrogens is 210 g/mol. The Morgan fingerprint density at radius 2 is 1.76 bits per heavy atom. The van der Waals surface area contributed by atoms with Crippen LogP contribution in [0.2, 0.25) is 0 Å². The summed E-state index contributed by atoms with van der Waals surface area (Å²) in [5, 5.41) is 0.